The first-order valence-electron chi connectivity index (χ1n) is 8.78. The highest BCUT2D eigenvalue weighted by Crippen LogP contribution is 2.26. The number of nitrogens with zero attached hydrogens (tertiary/aromatic N) is 1. The van der Waals surface area contributed by atoms with E-state index in [1.807, 2.05) is 42.5 Å². The highest BCUT2D eigenvalue weighted by Gasteiger charge is 2.04. The zero-order chi connectivity index (χ0) is 18.9. The minimum atomic E-state index is 0.572. The van der Waals surface area contributed by atoms with Gasteiger partial charge in [0.2, 0.25) is 0 Å². The van der Waals surface area contributed by atoms with Crippen LogP contribution in [-0.4, -0.2) is 17.1 Å². The normalized spacial score (nSPS) is 10.0. The van der Waals surface area contributed by atoms with E-state index in [0.29, 0.717) is 6.54 Å². The second-order valence-electron chi connectivity index (χ2n) is 5.94. The first-order chi connectivity index (χ1) is 13.3. The Morgan fingerprint density at radius 2 is 1.33 bits per heavy atom. The van der Waals surface area contributed by atoms with Gasteiger partial charge in [0.1, 0.15) is 5.75 Å². The van der Waals surface area contributed by atoms with Crippen LogP contribution in [0.2, 0.25) is 0 Å². The summed E-state index contributed by atoms with van der Waals surface area (Å²) in [6, 6.07) is 26.2. The van der Waals surface area contributed by atoms with Crippen LogP contribution in [0, 0.1) is 0 Å². The number of hydrogen-bond acceptors (Lipinski definition) is 3. The maximum Gasteiger partial charge on any atom is 0.118 e. The zero-order valence-corrected chi connectivity index (χ0v) is 15.3. The average molecular weight is 357 g/mol. The number of nitrogens with two attached hydrogens (primary N) is 1. The van der Waals surface area contributed by atoms with E-state index in [0.717, 1.165) is 33.8 Å². The molecule has 0 saturated carbocycles. The Morgan fingerprint density at radius 1 is 0.778 bits per heavy atom. The first kappa shape index (κ1) is 18.4. The van der Waals surface area contributed by atoms with Crippen molar-refractivity contribution in [2.24, 2.45) is 5.73 Å². The molecule has 0 aliphatic rings. The lowest BCUT2D eigenvalue weighted by atomic mass is 10.1. The summed E-state index contributed by atoms with van der Waals surface area (Å²) in [5.41, 5.74) is 11.3. The minimum absolute atomic E-state index is 0.572. The third kappa shape index (κ3) is 5.06. The quantitative estimate of drug-likeness (QED) is 0.546. The lowest BCUT2D eigenvalue weighted by molar-refractivity contribution is 0.415. The van der Waals surface area contributed by atoms with Crippen LogP contribution in [0.5, 0.6) is 5.75 Å². The second kappa shape index (κ2) is 9.36. The molecule has 4 nitrogen and oxygen atoms in total. The number of nitrogens with one attached hydrogen (secondary N) is 1. The van der Waals surface area contributed by atoms with Crippen molar-refractivity contribution in [3.63, 3.8) is 0 Å². The molecule has 0 aliphatic heterocycles. The Labute approximate surface area is 159 Å². The summed E-state index contributed by atoms with van der Waals surface area (Å²) in [7, 11) is 1.67. The van der Waals surface area contributed by atoms with Crippen LogP contribution in [0.3, 0.4) is 0 Å². The average Bonchev–Trinajstić information content (AvgIpc) is 3.26. The van der Waals surface area contributed by atoms with E-state index in [1.54, 1.807) is 19.5 Å². The molecule has 4 aromatic rings. The Kier molecular flexibility index (Phi) is 6.39. The number of ether oxygens (including phenoxy) is 1. The van der Waals surface area contributed by atoms with Gasteiger partial charge in [-0.25, -0.2) is 0 Å². The molecule has 0 amide bonds. The van der Waals surface area contributed by atoms with Crippen molar-refractivity contribution >= 4 is 0 Å². The van der Waals surface area contributed by atoms with Crippen LogP contribution in [0.4, 0.5) is 0 Å². The number of aromatic amines is 1. The van der Waals surface area contributed by atoms with Gasteiger partial charge in [-0.1, -0.05) is 30.3 Å². The smallest absolute Gasteiger partial charge is 0.118 e. The predicted octanol–water partition coefficient (Wildman–Crippen LogP) is 4.90. The monoisotopic (exact) mass is 357 g/mol. The molecule has 27 heavy (non-hydrogen) atoms. The molecule has 4 heteroatoms. The summed E-state index contributed by atoms with van der Waals surface area (Å²) >= 11 is 0. The molecule has 0 unspecified atom stereocenters. The molecule has 0 spiro atoms. The van der Waals surface area contributed by atoms with E-state index in [-0.39, 0.29) is 0 Å². The van der Waals surface area contributed by atoms with Gasteiger partial charge in [0, 0.05) is 30.3 Å². The van der Waals surface area contributed by atoms with Crippen molar-refractivity contribution in [3.05, 3.63) is 96.8 Å². The van der Waals surface area contributed by atoms with Gasteiger partial charge in [-0.3, -0.25) is 4.98 Å². The minimum Gasteiger partial charge on any atom is -0.497 e. The van der Waals surface area contributed by atoms with Crippen LogP contribution in [0.25, 0.3) is 22.5 Å². The van der Waals surface area contributed by atoms with E-state index in [9.17, 15) is 0 Å². The molecule has 0 radical (unpaired) electrons. The third-order valence-electron chi connectivity index (χ3n) is 4.15. The van der Waals surface area contributed by atoms with Gasteiger partial charge in [0.25, 0.3) is 0 Å². The van der Waals surface area contributed by atoms with Gasteiger partial charge in [0.05, 0.1) is 7.11 Å². The number of benzene rings is 2. The molecule has 2 aromatic carbocycles. The molecule has 2 aromatic heterocycles. The summed E-state index contributed by atoms with van der Waals surface area (Å²) in [5.74, 6) is 0.864. The van der Waals surface area contributed by atoms with E-state index in [1.165, 1.54) is 0 Å². The third-order valence-corrected chi connectivity index (χ3v) is 4.15. The summed E-state index contributed by atoms with van der Waals surface area (Å²) in [4.78, 5) is 7.23. The lowest BCUT2D eigenvalue weighted by Gasteiger charge is -2.03. The fourth-order valence-corrected chi connectivity index (χ4v) is 2.64. The van der Waals surface area contributed by atoms with Crippen LogP contribution in [0.15, 0.2) is 91.3 Å². The van der Waals surface area contributed by atoms with Gasteiger partial charge in [0.15, 0.2) is 0 Å². The van der Waals surface area contributed by atoms with E-state index >= 15 is 0 Å². The van der Waals surface area contributed by atoms with E-state index in [2.05, 4.69) is 46.4 Å². The fraction of sp³-hybridized carbons (Fsp3) is 0.0870. The van der Waals surface area contributed by atoms with Gasteiger partial charge in [-0.2, -0.15) is 0 Å². The molecule has 2 heterocycles. The second-order valence-corrected chi connectivity index (χ2v) is 5.94. The number of rotatable bonds is 4. The zero-order valence-electron chi connectivity index (χ0n) is 15.3. The molecular formula is C23H23N3O. The number of hydrogen-bond donors (Lipinski definition) is 2. The highest BCUT2D eigenvalue weighted by molar-refractivity contribution is 5.68. The van der Waals surface area contributed by atoms with Crippen LogP contribution in [-0.2, 0) is 6.54 Å². The Morgan fingerprint density at radius 3 is 1.74 bits per heavy atom. The molecule has 0 bridgehead atoms. The SMILES string of the molecule is COc1ccc(-c2ccc(-c3ccc(CN)cc3)[nH]2)cc1.c1ccncc1. The molecule has 4 rings (SSSR count). The molecule has 136 valence electrons. The number of aromatic nitrogens is 2. The Balaban J connectivity index is 0.000000299. The van der Waals surface area contributed by atoms with Gasteiger partial charge >= 0.3 is 0 Å². The van der Waals surface area contributed by atoms with Crippen molar-refractivity contribution in [1.29, 1.82) is 0 Å². The largest absolute Gasteiger partial charge is 0.497 e. The van der Waals surface area contributed by atoms with Crippen LogP contribution < -0.4 is 10.5 Å². The molecule has 3 N–H and O–H groups in total. The molecule has 0 aliphatic carbocycles. The van der Waals surface area contributed by atoms with Crippen molar-refractivity contribution in [1.82, 2.24) is 9.97 Å². The summed E-state index contributed by atoms with van der Waals surface area (Å²) in [5, 5.41) is 0. The number of pyridine rings is 1. The van der Waals surface area contributed by atoms with Crippen molar-refractivity contribution < 1.29 is 4.74 Å². The van der Waals surface area contributed by atoms with Crippen LogP contribution in [0.1, 0.15) is 5.56 Å². The fourth-order valence-electron chi connectivity index (χ4n) is 2.64. The maximum absolute atomic E-state index is 5.62. The number of methoxy groups -OCH3 is 1. The molecular weight excluding hydrogens is 334 g/mol. The highest BCUT2D eigenvalue weighted by atomic mass is 16.5. The molecule has 0 fully saturated rings. The van der Waals surface area contributed by atoms with Gasteiger partial charge in [-0.15, -0.1) is 0 Å². The summed E-state index contributed by atoms with van der Waals surface area (Å²) < 4.78 is 5.18. The summed E-state index contributed by atoms with van der Waals surface area (Å²) in [6.45, 7) is 0.572. The first-order valence-corrected chi connectivity index (χ1v) is 8.78. The maximum atomic E-state index is 5.62. The van der Waals surface area contributed by atoms with Crippen molar-refractivity contribution in [2.75, 3.05) is 7.11 Å². The summed E-state index contributed by atoms with van der Waals surface area (Å²) in [6.07, 6.45) is 3.50. The van der Waals surface area contributed by atoms with Crippen molar-refractivity contribution in [3.8, 4) is 28.3 Å². The van der Waals surface area contributed by atoms with Gasteiger partial charge < -0.3 is 15.5 Å². The van der Waals surface area contributed by atoms with Crippen LogP contribution >= 0.6 is 0 Å². The van der Waals surface area contributed by atoms with Crippen molar-refractivity contribution in [2.45, 2.75) is 6.54 Å². The van der Waals surface area contributed by atoms with E-state index in [4.69, 9.17) is 10.5 Å². The molecule has 0 atom stereocenters. The van der Waals surface area contributed by atoms with E-state index < -0.39 is 0 Å². The Bertz CT molecular complexity index is 841. The van der Waals surface area contributed by atoms with Gasteiger partial charge in [-0.05, 0) is 65.2 Å². The molecule has 0 saturated heterocycles. The topological polar surface area (TPSA) is 63.9 Å². The predicted molar refractivity (Wildman–Crippen MR) is 110 cm³/mol. The number of H-pyrrole nitrogens is 1. The lowest BCUT2D eigenvalue weighted by Crippen LogP contribution is -1.95. The standard InChI is InChI=1S/C18H18N2O.C5H5N/c1-21-16-8-6-15(7-9-16)18-11-10-17(20-18)14-4-2-13(12-19)3-5-14;1-2-4-6-5-3-1/h2-11,20H,12,19H2,1H3;1-5H. The Hall–Kier alpha value is -3.37.